The molecule has 2 aromatic carbocycles. The molecule has 1 aromatic heterocycles. The molecule has 0 saturated heterocycles. The number of amides is 2. The number of aromatic nitrogens is 1. The van der Waals surface area contributed by atoms with Gasteiger partial charge in [0.05, 0.1) is 0 Å². The number of aryl methyl sites for hydroxylation is 1. The highest BCUT2D eigenvalue weighted by Gasteiger charge is 2.28. The van der Waals surface area contributed by atoms with Crippen LogP contribution in [0.2, 0.25) is 0 Å². The Bertz CT molecular complexity index is 1010. The van der Waals surface area contributed by atoms with E-state index < -0.39 is 5.97 Å². The molecular weight excluding hydrogens is 346 g/mol. The predicted molar refractivity (Wildman–Crippen MR) is 101 cm³/mol. The minimum absolute atomic E-state index is 0.0518. The summed E-state index contributed by atoms with van der Waals surface area (Å²) in [4.78, 5) is 27.4. The monoisotopic (exact) mass is 365 g/mol. The van der Waals surface area contributed by atoms with E-state index in [1.165, 1.54) is 0 Å². The average Bonchev–Trinajstić information content (AvgIpc) is 3.40. The van der Waals surface area contributed by atoms with Crippen molar-refractivity contribution in [3.05, 3.63) is 53.9 Å². The van der Waals surface area contributed by atoms with Crippen LogP contribution in [0.1, 0.15) is 36.6 Å². The zero-order valence-electron chi connectivity index (χ0n) is 14.6. The van der Waals surface area contributed by atoms with Crippen molar-refractivity contribution >= 4 is 34.5 Å². The van der Waals surface area contributed by atoms with Gasteiger partial charge in [0.25, 0.3) is 0 Å². The van der Waals surface area contributed by atoms with E-state index in [0.29, 0.717) is 29.3 Å². The predicted octanol–water partition coefficient (Wildman–Crippen LogP) is 4.37. The number of benzene rings is 2. The lowest BCUT2D eigenvalue weighted by Gasteiger charge is -2.09. The van der Waals surface area contributed by atoms with Gasteiger partial charge in [-0.2, -0.15) is 0 Å². The lowest BCUT2D eigenvalue weighted by atomic mass is 10.1. The Morgan fingerprint density at radius 1 is 1.11 bits per heavy atom. The number of carboxylic acid groups (broad SMARTS) is 1. The van der Waals surface area contributed by atoms with Crippen molar-refractivity contribution in [2.45, 2.75) is 31.6 Å². The number of carboxylic acids is 1. The molecule has 3 aromatic rings. The van der Waals surface area contributed by atoms with Crippen LogP contribution in [0.4, 0.5) is 16.2 Å². The van der Waals surface area contributed by atoms with Crippen molar-refractivity contribution in [2.75, 3.05) is 10.6 Å². The summed E-state index contributed by atoms with van der Waals surface area (Å²) in [7, 11) is 0. The van der Waals surface area contributed by atoms with Crippen LogP contribution in [0.15, 0.2) is 46.9 Å². The van der Waals surface area contributed by atoms with Crippen molar-refractivity contribution < 1.29 is 19.1 Å². The van der Waals surface area contributed by atoms with E-state index in [9.17, 15) is 9.59 Å². The van der Waals surface area contributed by atoms with Gasteiger partial charge in [-0.15, -0.1) is 0 Å². The minimum Gasteiger partial charge on any atom is -0.481 e. The third-order valence-corrected chi connectivity index (χ3v) is 4.40. The van der Waals surface area contributed by atoms with Gasteiger partial charge in [0.2, 0.25) is 0 Å². The smallest absolute Gasteiger partial charge is 0.323 e. The summed E-state index contributed by atoms with van der Waals surface area (Å²) in [5.74, 6) is 0.356. The van der Waals surface area contributed by atoms with Gasteiger partial charge in [-0.25, -0.2) is 9.78 Å². The van der Waals surface area contributed by atoms with Crippen LogP contribution in [0.25, 0.3) is 11.1 Å². The molecule has 7 heteroatoms. The van der Waals surface area contributed by atoms with Gasteiger partial charge in [-0.3, -0.25) is 4.79 Å². The Labute approximate surface area is 155 Å². The Kier molecular flexibility index (Phi) is 4.50. The van der Waals surface area contributed by atoms with Crippen molar-refractivity contribution in [1.82, 2.24) is 4.98 Å². The first-order chi connectivity index (χ1) is 13.1. The maximum atomic E-state index is 12.3. The third kappa shape index (κ3) is 4.25. The average molecular weight is 365 g/mol. The Hall–Kier alpha value is -3.35. The van der Waals surface area contributed by atoms with E-state index in [4.69, 9.17) is 9.52 Å². The quantitative estimate of drug-likeness (QED) is 0.602. The number of nitrogens with one attached hydrogen (secondary N) is 2. The molecule has 0 radical (unpaired) electrons. The van der Waals surface area contributed by atoms with Crippen LogP contribution in [-0.4, -0.2) is 22.1 Å². The normalized spacial score (nSPS) is 13.5. The van der Waals surface area contributed by atoms with Gasteiger partial charge in [-0.1, -0.05) is 12.1 Å². The Morgan fingerprint density at radius 2 is 1.89 bits per heavy atom. The van der Waals surface area contributed by atoms with Gasteiger partial charge >= 0.3 is 12.0 Å². The summed E-state index contributed by atoms with van der Waals surface area (Å²) in [6.45, 7) is 0. The number of nitrogens with zero attached hydrogens (tertiary/aromatic N) is 1. The SMILES string of the molecule is O=C(O)CCc1cccc(NC(=O)Nc2ccc3oc(C4CC4)nc3c2)c1. The number of oxazole rings is 1. The second-order valence-corrected chi connectivity index (χ2v) is 6.68. The minimum atomic E-state index is -0.848. The van der Waals surface area contributed by atoms with E-state index in [1.807, 2.05) is 6.07 Å². The van der Waals surface area contributed by atoms with Crippen LogP contribution in [0.3, 0.4) is 0 Å². The fraction of sp³-hybridized carbons (Fsp3) is 0.250. The molecule has 7 nitrogen and oxygen atoms in total. The number of carbonyl (C=O) groups excluding carboxylic acids is 1. The zero-order chi connectivity index (χ0) is 18.8. The molecule has 1 fully saturated rings. The number of urea groups is 1. The summed E-state index contributed by atoms with van der Waals surface area (Å²) in [6.07, 6.45) is 2.70. The lowest BCUT2D eigenvalue weighted by molar-refractivity contribution is -0.136. The van der Waals surface area contributed by atoms with Gasteiger partial charge < -0.3 is 20.2 Å². The van der Waals surface area contributed by atoms with Crippen LogP contribution >= 0.6 is 0 Å². The molecule has 3 N–H and O–H groups in total. The summed E-state index contributed by atoms with van der Waals surface area (Å²) < 4.78 is 5.72. The first-order valence-corrected chi connectivity index (χ1v) is 8.86. The van der Waals surface area contributed by atoms with E-state index in [-0.39, 0.29) is 12.5 Å². The number of carbonyl (C=O) groups is 2. The van der Waals surface area contributed by atoms with Gasteiger partial charge in [-0.05, 0) is 55.2 Å². The molecule has 4 rings (SSSR count). The summed E-state index contributed by atoms with van der Waals surface area (Å²) in [5, 5.41) is 14.3. The molecule has 0 spiro atoms. The number of rotatable bonds is 6. The molecule has 2 amide bonds. The van der Waals surface area contributed by atoms with Crippen molar-refractivity contribution in [1.29, 1.82) is 0 Å². The molecule has 0 bridgehead atoms. The maximum Gasteiger partial charge on any atom is 0.323 e. The number of hydrogen-bond donors (Lipinski definition) is 3. The number of fused-ring (bicyclic) bond motifs is 1. The van der Waals surface area contributed by atoms with E-state index in [1.54, 1.807) is 36.4 Å². The Morgan fingerprint density at radius 3 is 2.63 bits per heavy atom. The second kappa shape index (κ2) is 7.11. The van der Waals surface area contributed by atoms with Gasteiger partial charge in [0, 0.05) is 23.7 Å². The molecule has 1 saturated carbocycles. The topological polar surface area (TPSA) is 104 Å². The second-order valence-electron chi connectivity index (χ2n) is 6.68. The summed E-state index contributed by atoms with van der Waals surface area (Å²) in [5.41, 5.74) is 3.53. The summed E-state index contributed by atoms with van der Waals surface area (Å²) >= 11 is 0. The highest BCUT2D eigenvalue weighted by atomic mass is 16.4. The maximum absolute atomic E-state index is 12.3. The van der Waals surface area contributed by atoms with E-state index in [0.717, 1.165) is 29.8 Å². The van der Waals surface area contributed by atoms with Crippen LogP contribution in [0, 0.1) is 0 Å². The fourth-order valence-corrected chi connectivity index (χ4v) is 2.88. The molecule has 0 aliphatic heterocycles. The number of hydrogen-bond acceptors (Lipinski definition) is 4. The van der Waals surface area contributed by atoms with E-state index >= 15 is 0 Å². The van der Waals surface area contributed by atoms with Crippen molar-refractivity contribution in [2.24, 2.45) is 0 Å². The highest BCUT2D eigenvalue weighted by molar-refractivity contribution is 6.00. The largest absolute Gasteiger partial charge is 0.481 e. The van der Waals surface area contributed by atoms with Crippen molar-refractivity contribution in [3.63, 3.8) is 0 Å². The van der Waals surface area contributed by atoms with Crippen LogP contribution in [-0.2, 0) is 11.2 Å². The van der Waals surface area contributed by atoms with Crippen LogP contribution in [0.5, 0.6) is 0 Å². The van der Waals surface area contributed by atoms with Crippen molar-refractivity contribution in [3.8, 4) is 0 Å². The molecule has 138 valence electrons. The third-order valence-electron chi connectivity index (χ3n) is 4.40. The molecular formula is C20H19N3O4. The molecule has 1 aliphatic rings. The number of aliphatic carboxylic acids is 1. The lowest BCUT2D eigenvalue weighted by Crippen LogP contribution is -2.19. The zero-order valence-corrected chi connectivity index (χ0v) is 14.6. The van der Waals surface area contributed by atoms with Gasteiger partial charge in [0.1, 0.15) is 5.52 Å². The number of anilines is 2. The fourth-order valence-electron chi connectivity index (χ4n) is 2.88. The first-order valence-electron chi connectivity index (χ1n) is 8.86. The van der Waals surface area contributed by atoms with E-state index in [2.05, 4.69) is 15.6 Å². The molecule has 0 atom stereocenters. The Balaban J connectivity index is 1.40. The first kappa shape index (κ1) is 17.1. The molecule has 0 unspecified atom stereocenters. The van der Waals surface area contributed by atoms with Gasteiger partial charge in [0.15, 0.2) is 11.5 Å². The molecule has 27 heavy (non-hydrogen) atoms. The highest BCUT2D eigenvalue weighted by Crippen LogP contribution is 2.40. The molecule has 1 heterocycles. The standard InChI is InChI=1S/C20H19N3O4/c24-18(25)9-4-12-2-1-3-14(10-12)21-20(26)22-15-7-8-17-16(11-15)23-19(27-17)13-5-6-13/h1-3,7-8,10-11,13H,4-6,9H2,(H,24,25)(H2,21,22,26). The molecule has 1 aliphatic carbocycles. The van der Waals surface area contributed by atoms with Crippen LogP contribution < -0.4 is 10.6 Å². The summed E-state index contributed by atoms with van der Waals surface area (Å²) in [6, 6.07) is 12.1.